The van der Waals surface area contributed by atoms with E-state index in [2.05, 4.69) is 10.6 Å². The summed E-state index contributed by atoms with van der Waals surface area (Å²) < 4.78 is 5.54. The zero-order valence-electron chi connectivity index (χ0n) is 12.5. The second-order valence-electron chi connectivity index (χ2n) is 5.98. The number of Topliss-reactive ketones (excluding diaryl/α,β-unsaturated/α-hetero) is 1. The number of carbonyl (C=O) groups is 1. The Morgan fingerprint density at radius 3 is 2.86 bits per heavy atom. The van der Waals surface area contributed by atoms with Gasteiger partial charge < -0.3 is 15.4 Å². The van der Waals surface area contributed by atoms with Crippen molar-refractivity contribution in [2.24, 2.45) is 0 Å². The van der Waals surface area contributed by atoms with E-state index < -0.39 is 0 Å². The fourth-order valence-electron chi connectivity index (χ4n) is 3.14. The summed E-state index contributed by atoms with van der Waals surface area (Å²) in [6.45, 7) is 1.92. The number of rotatable bonds is 4. The molecule has 21 heavy (non-hydrogen) atoms. The minimum Gasteiger partial charge on any atom is -0.490 e. The van der Waals surface area contributed by atoms with Crippen LogP contribution in [0, 0.1) is 0 Å². The topological polar surface area (TPSA) is 50.4 Å². The molecule has 0 aromatic heterocycles. The summed E-state index contributed by atoms with van der Waals surface area (Å²) in [6.07, 6.45) is 7.64. The Balaban J connectivity index is 1.57. The minimum absolute atomic E-state index is 0.162. The van der Waals surface area contributed by atoms with Crippen molar-refractivity contribution in [2.75, 3.05) is 25.0 Å². The van der Waals surface area contributed by atoms with Crippen LogP contribution in [-0.4, -0.2) is 31.5 Å². The van der Waals surface area contributed by atoms with E-state index in [0.717, 1.165) is 23.5 Å². The average molecular weight is 288 g/mol. The van der Waals surface area contributed by atoms with E-state index in [9.17, 15) is 4.79 Å². The van der Waals surface area contributed by atoms with Gasteiger partial charge in [-0.1, -0.05) is 25.7 Å². The maximum atomic E-state index is 12.3. The summed E-state index contributed by atoms with van der Waals surface area (Å²) in [5, 5.41) is 6.71. The SMILES string of the molecule is O=C(CNC1CCCCCC1)c1ccc2c(c1)NCCO2. The lowest BCUT2D eigenvalue weighted by Gasteiger charge is -2.20. The first-order chi connectivity index (χ1) is 10.3. The highest BCUT2D eigenvalue weighted by atomic mass is 16.5. The number of anilines is 1. The minimum atomic E-state index is 0.162. The van der Waals surface area contributed by atoms with Gasteiger partial charge in [-0.3, -0.25) is 4.79 Å². The van der Waals surface area contributed by atoms with E-state index in [1.165, 1.54) is 38.5 Å². The normalized spacial score (nSPS) is 19.0. The first-order valence-corrected chi connectivity index (χ1v) is 8.10. The van der Waals surface area contributed by atoms with E-state index >= 15 is 0 Å². The predicted molar refractivity (Wildman–Crippen MR) is 84.2 cm³/mol. The summed E-state index contributed by atoms with van der Waals surface area (Å²) in [6, 6.07) is 6.17. The van der Waals surface area contributed by atoms with Crippen LogP contribution in [-0.2, 0) is 0 Å². The second-order valence-corrected chi connectivity index (χ2v) is 5.98. The van der Waals surface area contributed by atoms with Crippen molar-refractivity contribution < 1.29 is 9.53 Å². The van der Waals surface area contributed by atoms with Gasteiger partial charge in [0.05, 0.1) is 12.2 Å². The zero-order valence-corrected chi connectivity index (χ0v) is 12.5. The van der Waals surface area contributed by atoms with E-state index in [0.29, 0.717) is 19.2 Å². The van der Waals surface area contributed by atoms with Gasteiger partial charge in [0.25, 0.3) is 0 Å². The molecule has 0 saturated heterocycles. The van der Waals surface area contributed by atoms with E-state index in [-0.39, 0.29) is 5.78 Å². The van der Waals surface area contributed by atoms with Crippen molar-refractivity contribution in [1.82, 2.24) is 5.32 Å². The Labute approximate surface area is 126 Å². The number of hydrogen-bond donors (Lipinski definition) is 2. The van der Waals surface area contributed by atoms with Crippen LogP contribution in [0.25, 0.3) is 0 Å². The lowest BCUT2D eigenvalue weighted by Crippen LogP contribution is -2.33. The molecular weight excluding hydrogens is 264 g/mol. The van der Waals surface area contributed by atoms with Crippen molar-refractivity contribution >= 4 is 11.5 Å². The van der Waals surface area contributed by atoms with Gasteiger partial charge in [-0.2, -0.15) is 0 Å². The summed E-state index contributed by atoms with van der Waals surface area (Å²) in [5.41, 5.74) is 1.69. The third-order valence-corrected chi connectivity index (χ3v) is 4.38. The van der Waals surface area contributed by atoms with Crippen LogP contribution in [0.3, 0.4) is 0 Å². The molecule has 1 fully saturated rings. The van der Waals surface area contributed by atoms with Gasteiger partial charge in [0.1, 0.15) is 12.4 Å². The van der Waals surface area contributed by atoms with Crippen molar-refractivity contribution in [1.29, 1.82) is 0 Å². The third kappa shape index (κ3) is 3.76. The molecule has 1 aromatic carbocycles. The molecule has 4 heteroatoms. The van der Waals surface area contributed by atoms with Crippen molar-refractivity contribution in [3.63, 3.8) is 0 Å². The number of nitrogens with one attached hydrogen (secondary N) is 2. The molecule has 1 aliphatic carbocycles. The highest BCUT2D eigenvalue weighted by Gasteiger charge is 2.16. The van der Waals surface area contributed by atoms with Crippen LogP contribution in [0.2, 0.25) is 0 Å². The average Bonchev–Trinajstić information content (AvgIpc) is 2.81. The molecular formula is C17H24N2O2. The Morgan fingerprint density at radius 1 is 1.24 bits per heavy atom. The zero-order chi connectivity index (χ0) is 14.5. The monoisotopic (exact) mass is 288 g/mol. The maximum Gasteiger partial charge on any atom is 0.176 e. The lowest BCUT2D eigenvalue weighted by atomic mass is 10.1. The summed E-state index contributed by atoms with van der Waals surface area (Å²) in [7, 11) is 0. The number of benzene rings is 1. The standard InChI is InChI=1S/C17H24N2O2/c20-16(12-19-14-5-3-1-2-4-6-14)13-7-8-17-15(11-13)18-9-10-21-17/h7-8,11,14,18-19H,1-6,9-10,12H2. The third-order valence-electron chi connectivity index (χ3n) is 4.38. The van der Waals surface area contributed by atoms with Crippen LogP contribution >= 0.6 is 0 Å². The molecule has 2 N–H and O–H groups in total. The first kappa shape index (κ1) is 14.4. The number of ketones is 1. The van der Waals surface area contributed by atoms with E-state index in [1.807, 2.05) is 18.2 Å². The van der Waals surface area contributed by atoms with Crippen LogP contribution < -0.4 is 15.4 Å². The van der Waals surface area contributed by atoms with Gasteiger partial charge in [-0.05, 0) is 31.0 Å². The Morgan fingerprint density at radius 2 is 2.05 bits per heavy atom. The summed E-state index contributed by atoms with van der Waals surface area (Å²) in [5.74, 6) is 1.00. The Kier molecular flexibility index (Phi) is 4.76. The largest absolute Gasteiger partial charge is 0.490 e. The van der Waals surface area contributed by atoms with E-state index in [1.54, 1.807) is 0 Å². The molecule has 0 unspecified atom stereocenters. The van der Waals surface area contributed by atoms with Gasteiger partial charge in [0, 0.05) is 18.2 Å². The fourth-order valence-corrected chi connectivity index (χ4v) is 3.14. The molecule has 0 spiro atoms. The molecule has 0 amide bonds. The second kappa shape index (κ2) is 6.94. The van der Waals surface area contributed by atoms with Crippen molar-refractivity contribution in [3.8, 4) is 5.75 Å². The first-order valence-electron chi connectivity index (χ1n) is 8.10. The Hall–Kier alpha value is -1.55. The highest BCUT2D eigenvalue weighted by Crippen LogP contribution is 2.28. The van der Waals surface area contributed by atoms with Crippen LogP contribution in [0.4, 0.5) is 5.69 Å². The summed E-state index contributed by atoms with van der Waals surface area (Å²) in [4.78, 5) is 12.3. The van der Waals surface area contributed by atoms with Crippen LogP contribution in [0.15, 0.2) is 18.2 Å². The van der Waals surface area contributed by atoms with Crippen molar-refractivity contribution in [2.45, 2.75) is 44.6 Å². The molecule has 1 aromatic rings. The predicted octanol–water partition coefficient (Wildman–Crippen LogP) is 2.99. The van der Waals surface area contributed by atoms with Crippen LogP contribution in [0.1, 0.15) is 48.9 Å². The highest BCUT2D eigenvalue weighted by molar-refractivity contribution is 5.98. The molecule has 0 radical (unpaired) electrons. The number of hydrogen-bond acceptors (Lipinski definition) is 4. The lowest BCUT2D eigenvalue weighted by molar-refractivity contribution is 0.0986. The maximum absolute atomic E-state index is 12.3. The molecule has 0 atom stereocenters. The molecule has 4 nitrogen and oxygen atoms in total. The van der Waals surface area contributed by atoms with Gasteiger partial charge in [0.15, 0.2) is 5.78 Å². The quantitative estimate of drug-likeness (QED) is 0.660. The van der Waals surface area contributed by atoms with Gasteiger partial charge in [-0.25, -0.2) is 0 Å². The Bertz CT molecular complexity index is 494. The molecule has 2 aliphatic rings. The molecule has 1 aliphatic heterocycles. The number of fused-ring (bicyclic) bond motifs is 1. The number of ether oxygens (including phenoxy) is 1. The number of carbonyl (C=O) groups excluding carboxylic acids is 1. The van der Waals surface area contributed by atoms with Crippen LogP contribution in [0.5, 0.6) is 5.75 Å². The van der Waals surface area contributed by atoms with E-state index in [4.69, 9.17) is 4.74 Å². The fraction of sp³-hybridized carbons (Fsp3) is 0.588. The smallest absolute Gasteiger partial charge is 0.176 e. The molecule has 114 valence electrons. The molecule has 3 rings (SSSR count). The van der Waals surface area contributed by atoms with Gasteiger partial charge in [-0.15, -0.1) is 0 Å². The summed E-state index contributed by atoms with van der Waals surface area (Å²) >= 11 is 0. The molecule has 1 saturated carbocycles. The van der Waals surface area contributed by atoms with Crippen molar-refractivity contribution in [3.05, 3.63) is 23.8 Å². The van der Waals surface area contributed by atoms with Gasteiger partial charge in [0.2, 0.25) is 0 Å². The molecule has 0 bridgehead atoms. The van der Waals surface area contributed by atoms with Gasteiger partial charge >= 0.3 is 0 Å². The molecule has 1 heterocycles.